The van der Waals surface area contributed by atoms with Crippen LogP contribution in [0, 0.1) is 0 Å². The number of para-hydroxylation sites is 1. The van der Waals surface area contributed by atoms with E-state index in [4.69, 9.17) is 21.1 Å². The van der Waals surface area contributed by atoms with Crippen molar-refractivity contribution in [3.63, 3.8) is 0 Å². The Hall–Kier alpha value is -1.89. The largest absolute Gasteiger partial charge is 0.490 e. The van der Waals surface area contributed by atoms with E-state index in [2.05, 4.69) is 10.2 Å². The summed E-state index contributed by atoms with van der Waals surface area (Å²) in [5, 5.41) is 3.56. The van der Waals surface area contributed by atoms with Crippen molar-refractivity contribution in [1.82, 2.24) is 0 Å². The Morgan fingerprint density at radius 2 is 1.96 bits per heavy atom. The van der Waals surface area contributed by atoms with Gasteiger partial charge in [-0.1, -0.05) is 23.7 Å². The lowest BCUT2D eigenvalue weighted by Gasteiger charge is -2.29. The van der Waals surface area contributed by atoms with Crippen LogP contribution in [0.4, 0.5) is 11.4 Å². The van der Waals surface area contributed by atoms with Gasteiger partial charge >= 0.3 is 0 Å². The van der Waals surface area contributed by atoms with E-state index in [9.17, 15) is 4.79 Å². The van der Waals surface area contributed by atoms with Crippen molar-refractivity contribution in [3.8, 4) is 5.75 Å². The molecule has 0 bridgehead atoms. The summed E-state index contributed by atoms with van der Waals surface area (Å²) in [6.45, 7) is 5.43. The first-order valence-electron chi connectivity index (χ1n) is 9.42. The summed E-state index contributed by atoms with van der Waals surface area (Å²) in [4.78, 5) is 15.0. The van der Waals surface area contributed by atoms with Crippen LogP contribution in [-0.2, 0) is 4.74 Å². The molecule has 3 rings (SSSR count). The smallest absolute Gasteiger partial charge is 0.259 e. The van der Waals surface area contributed by atoms with Crippen molar-refractivity contribution in [1.29, 1.82) is 0 Å². The number of rotatable bonds is 8. The SMILES string of the molecule is CCOCCOc1ccccc1C(=O)Nc1ccc(N2CCSCC2)c(Cl)c1. The van der Waals surface area contributed by atoms with Crippen molar-refractivity contribution in [2.75, 3.05) is 54.6 Å². The average Bonchev–Trinajstić information content (AvgIpc) is 2.72. The maximum atomic E-state index is 12.7. The Morgan fingerprint density at radius 1 is 1.18 bits per heavy atom. The van der Waals surface area contributed by atoms with Crippen molar-refractivity contribution in [2.45, 2.75) is 6.92 Å². The van der Waals surface area contributed by atoms with Crippen LogP contribution in [0.1, 0.15) is 17.3 Å². The van der Waals surface area contributed by atoms with Crippen LogP contribution in [0.3, 0.4) is 0 Å². The lowest BCUT2D eigenvalue weighted by molar-refractivity contribution is 0.0998. The predicted octanol–water partition coefficient (Wildman–Crippen LogP) is 4.56. The number of carbonyl (C=O) groups excluding carboxylic acids is 1. The number of nitrogens with one attached hydrogen (secondary N) is 1. The molecule has 1 saturated heterocycles. The minimum Gasteiger partial charge on any atom is -0.490 e. The minimum absolute atomic E-state index is 0.231. The first kappa shape index (κ1) is 20.8. The highest BCUT2D eigenvalue weighted by atomic mass is 35.5. The highest BCUT2D eigenvalue weighted by molar-refractivity contribution is 7.99. The van der Waals surface area contributed by atoms with Crippen LogP contribution >= 0.6 is 23.4 Å². The van der Waals surface area contributed by atoms with E-state index >= 15 is 0 Å². The predicted molar refractivity (Wildman–Crippen MR) is 117 cm³/mol. The number of hydrogen-bond acceptors (Lipinski definition) is 5. The Kier molecular flexibility index (Phi) is 7.89. The fraction of sp³-hybridized carbons (Fsp3) is 0.381. The molecule has 1 N–H and O–H groups in total. The number of ether oxygens (including phenoxy) is 2. The topological polar surface area (TPSA) is 50.8 Å². The molecule has 0 aliphatic carbocycles. The molecule has 0 atom stereocenters. The number of nitrogens with zero attached hydrogens (tertiary/aromatic N) is 1. The van der Waals surface area contributed by atoms with Crippen LogP contribution < -0.4 is 15.0 Å². The van der Waals surface area contributed by atoms with Gasteiger partial charge in [0.25, 0.3) is 5.91 Å². The third kappa shape index (κ3) is 5.56. The van der Waals surface area contributed by atoms with E-state index in [1.807, 2.05) is 43.0 Å². The summed E-state index contributed by atoms with van der Waals surface area (Å²) in [6, 6.07) is 12.8. The molecule has 1 aliphatic heterocycles. The van der Waals surface area contributed by atoms with Crippen molar-refractivity contribution in [2.24, 2.45) is 0 Å². The Bertz CT molecular complexity index is 797. The maximum absolute atomic E-state index is 12.7. The second kappa shape index (κ2) is 10.6. The molecule has 1 amide bonds. The minimum atomic E-state index is -0.231. The van der Waals surface area contributed by atoms with Crippen molar-refractivity contribution >= 4 is 40.6 Å². The first-order chi connectivity index (χ1) is 13.7. The molecule has 1 fully saturated rings. The highest BCUT2D eigenvalue weighted by Gasteiger charge is 2.16. The average molecular weight is 421 g/mol. The fourth-order valence-electron chi connectivity index (χ4n) is 2.98. The molecule has 0 spiro atoms. The van der Waals surface area contributed by atoms with E-state index in [1.165, 1.54) is 0 Å². The standard InChI is InChI=1S/C21H25ClN2O3S/c1-2-26-11-12-27-20-6-4-3-5-17(20)21(25)23-16-7-8-19(18(22)15-16)24-9-13-28-14-10-24/h3-8,15H,2,9-14H2,1H3,(H,23,25). The number of thioether (sulfide) groups is 1. The van der Waals surface area contributed by atoms with Gasteiger partial charge in [0, 0.05) is 36.9 Å². The van der Waals surface area contributed by atoms with Crippen LogP contribution in [-0.4, -0.2) is 50.3 Å². The molecule has 2 aromatic rings. The van der Waals surface area contributed by atoms with Gasteiger partial charge in [0.2, 0.25) is 0 Å². The van der Waals surface area contributed by atoms with Gasteiger partial charge < -0.3 is 19.7 Å². The Balaban J connectivity index is 1.67. The zero-order chi connectivity index (χ0) is 19.8. The van der Waals surface area contributed by atoms with Gasteiger partial charge in [0.15, 0.2) is 0 Å². The van der Waals surface area contributed by atoms with Gasteiger partial charge in [-0.05, 0) is 37.3 Å². The number of amides is 1. The molecule has 28 heavy (non-hydrogen) atoms. The summed E-state index contributed by atoms with van der Waals surface area (Å²) in [5.74, 6) is 2.52. The van der Waals surface area contributed by atoms with E-state index in [0.29, 0.717) is 41.8 Å². The third-order valence-corrected chi connectivity index (χ3v) is 5.62. The molecule has 150 valence electrons. The first-order valence-corrected chi connectivity index (χ1v) is 11.0. The zero-order valence-electron chi connectivity index (χ0n) is 15.9. The number of anilines is 2. The molecule has 0 saturated carbocycles. The molecule has 0 unspecified atom stereocenters. The van der Waals surface area contributed by atoms with Crippen molar-refractivity contribution < 1.29 is 14.3 Å². The molecule has 0 radical (unpaired) electrons. The van der Waals surface area contributed by atoms with Crippen LogP contribution in [0.5, 0.6) is 5.75 Å². The van der Waals surface area contributed by atoms with E-state index in [1.54, 1.807) is 18.2 Å². The molecule has 1 aliphatic rings. The van der Waals surface area contributed by atoms with Crippen LogP contribution in [0.25, 0.3) is 0 Å². The Labute approximate surface area is 175 Å². The quantitative estimate of drug-likeness (QED) is 0.634. The number of hydrogen-bond donors (Lipinski definition) is 1. The van der Waals surface area contributed by atoms with E-state index in [-0.39, 0.29) is 5.91 Å². The highest BCUT2D eigenvalue weighted by Crippen LogP contribution is 2.31. The van der Waals surface area contributed by atoms with Gasteiger partial charge in [-0.3, -0.25) is 4.79 Å². The monoisotopic (exact) mass is 420 g/mol. The molecule has 2 aromatic carbocycles. The molecule has 1 heterocycles. The number of benzene rings is 2. The molecule has 7 heteroatoms. The third-order valence-electron chi connectivity index (χ3n) is 4.38. The number of halogens is 1. The normalized spacial score (nSPS) is 14.0. The van der Waals surface area contributed by atoms with Gasteiger partial charge in [-0.2, -0.15) is 11.8 Å². The lowest BCUT2D eigenvalue weighted by atomic mass is 10.1. The summed E-state index contributed by atoms with van der Waals surface area (Å²) < 4.78 is 11.0. The zero-order valence-corrected chi connectivity index (χ0v) is 17.5. The van der Waals surface area contributed by atoms with Gasteiger partial charge in [-0.25, -0.2) is 0 Å². The molecular weight excluding hydrogens is 396 g/mol. The Morgan fingerprint density at radius 3 is 2.71 bits per heavy atom. The van der Waals surface area contributed by atoms with Crippen LogP contribution in [0.2, 0.25) is 5.02 Å². The lowest BCUT2D eigenvalue weighted by Crippen LogP contribution is -2.32. The van der Waals surface area contributed by atoms with Gasteiger partial charge in [-0.15, -0.1) is 0 Å². The summed E-state index contributed by atoms with van der Waals surface area (Å²) in [5.41, 5.74) is 2.15. The summed E-state index contributed by atoms with van der Waals surface area (Å²) >= 11 is 8.44. The number of carbonyl (C=O) groups is 1. The van der Waals surface area contributed by atoms with E-state index in [0.717, 1.165) is 30.3 Å². The van der Waals surface area contributed by atoms with E-state index < -0.39 is 0 Å². The molecular formula is C21H25ClN2O3S. The second-order valence-corrected chi connectivity index (χ2v) is 7.89. The second-order valence-electron chi connectivity index (χ2n) is 6.26. The summed E-state index contributed by atoms with van der Waals surface area (Å²) in [7, 11) is 0. The van der Waals surface area contributed by atoms with Crippen molar-refractivity contribution in [3.05, 3.63) is 53.1 Å². The summed E-state index contributed by atoms with van der Waals surface area (Å²) in [6.07, 6.45) is 0. The van der Waals surface area contributed by atoms with Gasteiger partial charge in [0.05, 0.1) is 22.9 Å². The fourth-order valence-corrected chi connectivity index (χ4v) is 4.18. The molecule has 0 aromatic heterocycles. The molecule has 5 nitrogen and oxygen atoms in total. The maximum Gasteiger partial charge on any atom is 0.259 e. The van der Waals surface area contributed by atoms with Crippen LogP contribution in [0.15, 0.2) is 42.5 Å². The van der Waals surface area contributed by atoms with Gasteiger partial charge in [0.1, 0.15) is 12.4 Å².